The van der Waals surface area contributed by atoms with E-state index in [0.717, 1.165) is 16.7 Å². The number of carbonyl (C=O) groups is 1. The van der Waals surface area contributed by atoms with Crippen LogP contribution >= 0.6 is 0 Å². The first-order valence-corrected chi connectivity index (χ1v) is 9.66. The van der Waals surface area contributed by atoms with E-state index in [1.165, 1.54) is 5.39 Å². The minimum atomic E-state index is -0.0495. The van der Waals surface area contributed by atoms with Crippen molar-refractivity contribution < 1.29 is 13.9 Å². The molecule has 29 heavy (non-hydrogen) atoms. The lowest BCUT2D eigenvalue weighted by atomic mass is 10.1. The third-order valence-electron chi connectivity index (χ3n) is 4.59. The Morgan fingerprint density at radius 3 is 2.62 bits per heavy atom. The average molecular weight is 386 g/mol. The molecule has 4 aromatic rings. The van der Waals surface area contributed by atoms with E-state index in [9.17, 15) is 4.79 Å². The van der Waals surface area contributed by atoms with Crippen molar-refractivity contribution in [1.82, 2.24) is 10.3 Å². The zero-order valence-electron chi connectivity index (χ0n) is 16.0. The van der Waals surface area contributed by atoms with Crippen LogP contribution in [-0.4, -0.2) is 24.0 Å². The first-order valence-electron chi connectivity index (χ1n) is 9.66. The molecule has 0 aliphatic heterocycles. The molecule has 146 valence electrons. The van der Waals surface area contributed by atoms with Crippen LogP contribution in [-0.2, 0) is 11.2 Å². The van der Waals surface area contributed by atoms with Crippen molar-refractivity contribution in [2.45, 2.75) is 12.8 Å². The molecule has 0 fully saturated rings. The molecule has 0 unspecified atom stereocenters. The number of fused-ring (bicyclic) bond motifs is 1. The van der Waals surface area contributed by atoms with Crippen molar-refractivity contribution in [3.63, 3.8) is 0 Å². The molecule has 0 aliphatic carbocycles. The van der Waals surface area contributed by atoms with E-state index in [0.29, 0.717) is 37.6 Å². The maximum atomic E-state index is 12.0. The highest BCUT2D eigenvalue weighted by Crippen LogP contribution is 2.21. The van der Waals surface area contributed by atoms with Crippen LogP contribution in [0.3, 0.4) is 0 Å². The molecule has 1 heterocycles. The molecule has 1 N–H and O–H groups in total. The summed E-state index contributed by atoms with van der Waals surface area (Å²) >= 11 is 0. The van der Waals surface area contributed by atoms with E-state index < -0.39 is 0 Å². The van der Waals surface area contributed by atoms with Gasteiger partial charge in [0, 0.05) is 18.4 Å². The van der Waals surface area contributed by atoms with Gasteiger partial charge >= 0.3 is 0 Å². The van der Waals surface area contributed by atoms with E-state index in [-0.39, 0.29) is 5.91 Å². The molecule has 0 radical (unpaired) electrons. The van der Waals surface area contributed by atoms with E-state index in [1.54, 1.807) is 6.20 Å². The highest BCUT2D eigenvalue weighted by Gasteiger charge is 2.08. The number of hydrogen-bond donors (Lipinski definition) is 1. The van der Waals surface area contributed by atoms with Gasteiger partial charge in [-0.3, -0.25) is 4.79 Å². The summed E-state index contributed by atoms with van der Waals surface area (Å²) in [5.74, 6) is 2.02. The molecule has 3 aromatic carbocycles. The Bertz CT molecular complexity index is 1090. The fraction of sp³-hybridized carbons (Fsp3) is 0.167. The van der Waals surface area contributed by atoms with Crippen molar-refractivity contribution in [1.29, 1.82) is 0 Å². The molecule has 0 saturated carbocycles. The first-order chi connectivity index (χ1) is 14.3. The molecule has 0 atom stereocenters. The Balaban J connectivity index is 1.19. The summed E-state index contributed by atoms with van der Waals surface area (Å²) < 4.78 is 11.5. The van der Waals surface area contributed by atoms with Crippen molar-refractivity contribution in [2.24, 2.45) is 0 Å². The van der Waals surface area contributed by atoms with Crippen LogP contribution in [0.15, 0.2) is 83.4 Å². The molecule has 5 heteroatoms. The van der Waals surface area contributed by atoms with Crippen molar-refractivity contribution >= 4 is 16.7 Å². The summed E-state index contributed by atoms with van der Waals surface area (Å²) in [6.07, 6.45) is 2.48. The number of amides is 1. The Labute approximate surface area is 169 Å². The van der Waals surface area contributed by atoms with Crippen LogP contribution in [0.2, 0.25) is 0 Å². The van der Waals surface area contributed by atoms with Gasteiger partial charge in [-0.15, -0.1) is 0 Å². The van der Waals surface area contributed by atoms with Gasteiger partial charge in [0.2, 0.25) is 5.91 Å². The summed E-state index contributed by atoms with van der Waals surface area (Å²) in [4.78, 5) is 16.3. The van der Waals surface area contributed by atoms with Gasteiger partial charge in [0.05, 0.1) is 12.7 Å². The van der Waals surface area contributed by atoms with Gasteiger partial charge < -0.3 is 14.5 Å². The number of carbonyl (C=O) groups excluding carboxylic acids is 1. The summed E-state index contributed by atoms with van der Waals surface area (Å²) in [7, 11) is 0. The third-order valence-corrected chi connectivity index (χ3v) is 4.59. The smallest absolute Gasteiger partial charge is 0.220 e. The van der Waals surface area contributed by atoms with Crippen LogP contribution in [0.5, 0.6) is 5.75 Å². The standard InChI is InChI=1S/C24H22N2O3/c27-23(12-13-24-26-17-22(29-24)19-7-2-1-3-8-19)25-14-15-28-21-11-10-18-6-4-5-9-20(18)16-21/h1-11,16-17H,12-15H2,(H,25,27). The van der Waals surface area contributed by atoms with Crippen LogP contribution in [0, 0.1) is 0 Å². The summed E-state index contributed by atoms with van der Waals surface area (Å²) in [5.41, 5.74) is 0.974. The zero-order valence-corrected chi connectivity index (χ0v) is 16.0. The zero-order chi connectivity index (χ0) is 19.9. The van der Waals surface area contributed by atoms with Gasteiger partial charge in [0.25, 0.3) is 0 Å². The topological polar surface area (TPSA) is 64.4 Å². The lowest BCUT2D eigenvalue weighted by molar-refractivity contribution is -0.121. The molecule has 4 rings (SSSR count). The Morgan fingerprint density at radius 1 is 0.966 bits per heavy atom. The van der Waals surface area contributed by atoms with Gasteiger partial charge in [-0.05, 0) is 22.9 Å². The molecular weight excluding hydrogens is 364 g/mol. The van der Waals surface area contributed by atoms with E-state index in [4.69, 9.17) is 9.15 Å². The second-order valence-electron chi connectivity index (χ2n) is 6.69. The lowest BCUT2D eigenvalue weighted by Gasteiger charge is -2.08. The lowest BCUT2D eigenvalue weighted by Crippen LogP contribution is -2.28. The molecule has 0 spiro atoms. The molecular formula is C24H22N2O3. The number of oxazole rings is 1. The second-order valence-corrected chi connectivity index (χ2v) is 6.69. The van der Waals surface area contributed by atoms with E-state index in [2.05, 4.69) is 22.4 Å². The van der Waals surface area contributed by atoms with Gasteiger partial charge in [0.1, 0.15) is 12.4 Å². The highest BCUT2D eigenvalue weighted by atomic mass is 16.5. The molecule has 0 saturated heterocycles. The first kappa shape index (κ1) is 18.7. The van der Waals surface area contributed by atoms with E-state index in [1.807, 2.05) is 60.7 Å². The van der Waals surface area contributed by atoms with Crippen molar-refractivity contribution in [3.8, 4) is 17.1 Å². The maximum Gasteiger partial charge on any atom is 0.220 e. The quantitative estimate of drug-likeness (QED) is 0.449. The van der Waals surface area contributed by atoms with Crippen molar-refractivity contribution in [2.75, 3.05) is 13.2 Å². The minimum absolute atomic E-state index is 0.0495. The van der Waals surface area contributed by atoms with Crippen LogP contribution in [0.25, 0.3) is 22.1 Å². The Morgan fingerprint density at radius 2 is 1.76 bits per heavy atom. The van der Waals surface area contributed by atoms with Crippen LogP contribution < -0.4 is 10.1 Å². The average Bonchev–Trinajstić information content (AvgIpc) is 3.25. The number of nitrogens with one attached hydrogen (secondary N) is 1. The van der Waals surface area contributed by atoms with E-state index >= 15 is 0 Å². The number of nitrogens with zero attached hydrogens (tertiary/aromatic N) is 1. The fourth-order valence-electron chi connectivity index (χ4n) is 3.09. The van der Waals surface area contributed by atoms with Gasteiger partial charge in [-0.2, -0.15) is 0 Å². The summed E-state index contributed by atoms with van der Waals surface area (Å²) in [6, 6.07) is 23.9. The number of aromatic nitrogens is 1. The van der Waals surface area contributed by atoms with Crippen molar-refractivity contribution in [3.05, 3.63) is 84.9 Å². The van der Waals surface area contributed by atoms with Gasteiger partial charge in [0.15, 0.2) is 11.7 Å². The normalized spacial score (nSPS) is 10.8. The predicted molar refractivity (Wildman–Crippen MR) is 113 cm³/mol. The number of aryl methyl sites for hydroxylation is 1. The maximum absolute atomic E-state index is 12.0. The number of rotatable bonds is 8. The highest BCUT2D eigenvalue weighted by molar-refractivity contribution is 5.83. The van der Waals surface area contributed by atoms with Crippen LogP contribution in [0.1, 0.15) is 12.3 Å². The third kappa shape index (κ3) is 5.02. The SMILES string of the molecule is O=C(CCc1ncc(-c2ccccc2)o1)NCCOc1ccc2ccccc2c1. The second kappa shape index (κ2) is 9.06. The Kier molecular flexibility index (Phi) is 5.86. The number of benzene rings is 3. The largest absolute Gasteiger partial charge is 0.492 e. The summed E-state index contributed by atoms with van der Waals surface area (Å²) in [5, 5.41) is 5.18. The predicted octanol–water partition coefficient (Wildman–Crippen LogP) is 4.62. The fourth-order valence-corrected chi connectivity index (χ4v) is 3.09. The molecule has 0 aliphatic rings. The molecule has 0 bridgehead atoms. The number of ether oxygens (including phenoxy) is 1. The summed E-state index contributed by atoms with van der Waals surface area (Å²) in [6.45, 7) is 0.869. The molecule has 5 nitrogen and oxygen atoms in total. The van der Waals surface area contributed by atoms with Gasteiger partial charge in [-0.1, -0.05) is 60.7 Å². The monoisotopic (exact) mass is 386 g/mol. The van der Waals surface area contributed by atoms with Gasteiger partial charge in [-0.25, -0.2) is 4.98 Å². The number of hydrogen-bond acceptors (Lipinski definition) is 4. The molecule has 1 amide bonds. The Hall–Kier alpha value is -3.60. The van der Waals surface area contributed by atoms with Crippen LogP contribution in [0.4, 0.5) is 0 Å². The molecule has 1 aromatic heterocycles. The minimum Gasteiger partial charge on any atom is -0.492 e.